The Balaban J connectivity index is 1.01. The van der Waals surface area contributed by atoms with Gasteiger partial charge in [-0.25, -0.2) is 0 Å². The molecule has 0 spiro atoms. The lowest BCUT2D eigenvalue weighted by atomic mass is 10.0. The zero-order valence-corrected chi connectivity index (χ0v) is 30.7. The second-order valence-corrected chi connectivity index (χ2v) is 15.2. The van der Waals surface area contributed by atoms with Crippen molar-refractivity contribution in [2.24, 2.45) is 0 Å². The quantitative estimate of drug-likeness (QED) is 0.166. The second kappa shape index (κ2) is 12.9. The van der Waals surface area contributed by atoms with Crippen LogP contribution in [0.5, 0.6) is 0 Å². The lowest BCUT2D eigenvalue weighted by Gasteiger charge is -2.27. The zero-order chi connectivity index (χ0) is 36.3. The maximum absolute atomic E-state index is 2.41. The van der Waals surface area contributed by atoms with Crippen LogP contribution in [-0.4, -0.2) is 4.57 Å². The van der Waals surface area contributed by atoms with E-state index in [1.54, 1.807) is 0 Å². The first-order valence-electron chi connectivity index (χ1n) is 18.8. The molecule has 2 heterocycles. The number of thiophene rings is 1. The highest BCUT2D eigenvalue weighted by Crippen LogP contribution is 2.43. The van der Waals surface area contributed by atoms with E-state index >= 15 is 0 Å². The average Bonchev–Trinajstić information content (AvgIpc) is 3.79. The lowest BCUT2D eigenvalue weighted by Crippen LogP contribution is -2.10. The van der Waals surface area contributed by atoms with Gasteiger partial charge >= 0.3 is 0 Å². The molecule has 0 fully saturated rings. The second-order valence-electron chi connectivity index (χ2n) is 14.2. The molecule has 9 aromatic carbocycles. The number of para-hydroxylation sites is 1. The first-order valence-corrected chi connectivity index (χ1v) is 19.6. The maximum Gasteiger partial charge on any atom is 0.0541 e. The van der Waals surface area contributed by atoms with E-state index < -0.39 is 0 Å². The van der Waals surface area contributed by atoms with Crippen LogP contribution >= 0.6 is 11.3 Å². The van der Waals surface area contributed by atoms with Crippen molar-refractivity contribution in [2.75, 3.05) is 4.90 Å². The predicted octanol–water partition coefficient (Wildman–Crippen LogP) is 15.1. The molecule has 0 radical (unpaired) electrons. The van der Waals surface area contributed by atoms with Gasteiger partial charge in [-0.05, 0) is 94.4 Å². The van der Waals surface area contributed by atoms with Crippen LogP contribution in [0.2, 0.25) is 0 Å². The number of anilines is 3. The Kier molecular flexibility index (Phi) is 7.39. The van der Waals surface area contributed by atoms with E-state index in [4.69, 9.17) is 0 Å². The monoisotopic (exact) mass is 718 g/mol. The minimum Gasteiger partial charge on any atom is -0.310 e. The van der Waals surface area contributed by atoms with Gasteiger partial charge in [0.1, 0.15) is 0 Å². The summed E-state index contributed by atoms with van der Waals surface area (Å²) in [7, 11) is 0. The number of rotatable bonds is 6. The van der Waals surface area contributed by atoms with Crippen LogP contribution in [0, 0.1) is 0 Å². The molecule has 11 rings (SSSR count). The molecule has 0 atom stereocenters. The topological polar surface area (TPSA) is 8.17 Å². The van der Waals surface area contributed by atoms with Crippen molar-refractivity contribution in [1.82, 2.24) is 4.57 Å². The first kappa shape index (κ1) is 31.6. The van der Waals surface area contributed by atoms with Crippen LogP contribution in [0.3, 0.4) is 0 Å². The molecule has 3 heteroatoms. The first-order chi connectivity index (χ1) is 27.3. The fraction of sp³-hybridized carbons (Fsp3) is 0. The Morgan fingerprint density at radius 3 is 1.80 bits per heavy atom. The summed E-state index contributed by atoms with van der Waals surface area (Å²) in [6, 6.07) is 75.2. The SMILES string of the molecule is c1ccc(-c2ccc(-n3c4ccccc4c4cc(-c5ccc(N(c6ccc7c(c6)sc6ccccc67)c6cccc7ccccc67)cc5)ccc43)cc2)cc1. The summed E-state index contributed by atoms with van der Waals surface area (Å²) in [6.45, 7) is 0. The number of aromatic nitrogens is 1. The van der Waals surface area contributed by atoms with Crippen molar-refractivity contribution < 1.29 is 0 Å². The van der Waals surface area contributed by atoms with Gasteiger partial charge < -0.3 is 9.47 Å². The van der Waals surface area contributed by atoms with Gasteiger partial charge in [-0.2, -0.15) is 0 Å². The number of nitrogens with zero attached hydrogens (tertiary/aromatic N) is 2. The van der Waals surface area contributed by atoms with Crippen LogP contribution in [0.15, 0.2) is 206 Å². The molecule has 2 aromatic heterocycles. The summed E-state index contributed by atoms with van der Waals surface area (Å²) in [5.41, 5.74) is 11.8. The van der Waals surface area contributed by atoms with Crippen LogP contribution in [-0.2, 0) is 0 Å². The average molecular weight is 719 g/mol. The lowest BCUT2D eigenvalue weighted by molar-refractivity contribution is 1.18. The van der Waals surface area contributed by atoms with Crippen LogP contribution in [0.1, 0.15) is 0 Å². The highest BCUT2D eigenvalue weighted by Gasteiger charge is 2.18. The fourth-order valence-electron chi connectivity index (χ4n) is 8.35. The van der Waals surface area contributed by atoms with E-state index in [0.717, 1.165) is 22.7 Å². The molecule has 0 saturated heterocycles. The Bertz CT molecular complexity index is 3180. The van der Waals surface area contributed by atoms with Gasteiger partial charge in [0.2, 0.25) is 0 Å². The third-order valence-electron chi connectivity index (χ3n) is 11.0. The molecule has 0 aliphatic carbocycles. The number of fused-ring (bicyclic) bond motifs is 7. The molecular formula is C52H34N2S. The molecule has 55 heavy (non-hydrogen) atoms. The van der Waals surface area contributed by atoms with E-state index in [0.29, 0.717) is 0 Å². The maximum atomic E-state index is 2.41. The highest BCUT2D eigenvalue weighted by molar-refractivity contribution is 7.25. The molecule has 0 amide bonds. The largest absolute Gasteiger partial charge is 0.310 e. The van der Waals surface area contributed by atoms with Crippen molar-refractivity contribution in [1.29, 1.82) is 0 Å². The van der Waals surface area contributed by atoms with Crippen molar-refractivity contribution in [3.63, 3.8) is 0 Å². The van der Waals surface area contributed by atoms with Gasteiger partial charge in [0.15, 0.2) is 0 Å². The van der Waals surface area contributed by atoms with E-state index in [-0.39, 0.29) is 0 Å². The summed E-state index contributed by atoms with van der Waals surface area (Å²) in [4.78, 5) is 2.41. The smallest absolute Gasteiger partial charge is 0.0541 e. The van der Waals surface area contributed by atoms with Crippen molar-refractivity contribution in [3.8, 4) is 27.9 Å². The van der Waals surface area contributed by atoms with Gasteiger partial charge in [0.25, 0.3) is 0 Å². The molecule has 0 aliphatic rings. The van der Waals surface area contributed by atoms with Gasteiger partial charge in [0, 0.05) is 53.4 Å². The molecule has 0 unspecified atom stereocenters. The van der Waals surface area contributed by atoms with Crippen LogP contribution < -0.4 is 4.90 Å². The van der Waals surface area contributed by atoms with Gasteiger partial charge in [-0.15, -0.1) is 11.3 Å². The van der Waals surface area contributed by atoms with Gasteiger partial charge in [-0.3, -0.25) is 0 Å². The van der Waals surface area contributed by atoms with E-state index in [1.165, 1.54) is 75.0 Å². The van der Waals surface area contributed by atoms with E-state index in [9.17, 15) is 0 Å². The zero-order valence-electron chi connectivity index (χ0n) is 29.9. The Labute approximate surface area is 323 Å². The van der Waals surface area contributed by atoms with E-state index in [2.05, 4.69) is 216 Å². The summed E-state index contributed by atoms with van der Waals surface area (Å²) >= 11 is 1.86. The third kappa shape index (κ3) is 5.32. The predicted molar refractivity (Wildman–Crippen MR) is 237 cm³/mol. The molecule has 11 aromatic rings. The highest BCUT2D eigenvalue weighted by atomic mass is 32.1. The number of benzene rings is 9. The normalized spacial score (nSPS) is 11.6. The number of hydrogen-bond donors (Lipinski definition) is 0. The fourth-order valence-corrected chi connectivity index (χ4v) is 9.49. The van der Waals surface area contributed by atoms with E-state index in [1.807, 2.05) is 11.3 Å². The molecule has 0 saturated carbocycles. The minimum absolute atomic E-state index is 1.12. The number of hydrogen-bond acceptors (Lipinski definition) is 2. The standard InChI is InChI=1S/C52H34N2S/c1-2-11-35(12-3-1)36-21-28-41(29-22-36)54-49-18-8-6-16-44(49)47-33-39(25-32-50(47)54)37-23-26-40(27-24-37)53(48-19-10-14-38-13-4-5-15-43(38)48)42-30-31-46-45-17-7-9-20-51(45)55-52(46)34-42/h1-34H. The summed E-state index contributed by atoms with van der Waals surface area (Å²) in [6.07, 6.45) is 0. The molecule has 0 aliphatic heterocycles. The van der Waals surface area contributed by atoms with Crippen LogP contribution in [0.4, 0.5) is 17.1 Å². The van der Waals surface area contributed by atoms with Gasteiger partial charge in [0.05, 0.1) is 16.7 Å². The third-order valence-corrected chi connectivity index (χ3v) is 12.1. The summed E-state index contributed by atoms with van der Waals surface area (Å²) in [5, 5.41) is 7.57. The Hall–Kier alpha value is -6.94. The molecule has 258 valence electrons. The molecule has 2 nitrogen and oxygen atoms in total. The Morgan fingerprint density at radius 2 is 0.945 bits per heavy atom. The molecular weight excluding hydrogens is 685 g/mol. The van der Waals surface area contributed by atoms with Crippen LogP contribution in [0.25, 0.3) is 80.7 Å². The van der Waals surface area contributed by atoms with Crippen molar-refractivity contribution in [2.45, 2.75) is 0 Å². The van der Waals surface area contributed by atoms with Crippen molar-refractivity contribution in [3.05, 3.63) is 206 Å². The Morgan fingerprint density at radius 1 is 0.345 bits per heavy atom. The molecule has 0 bridgehead atoms. The summed E-state index contributed by atoms with van der Waals surface area (Å²) < 4.78 is 5.00. The van der Waals surface area contributed by atoms with Gasteiger partial charge in [-0.1, -0.05) is 140 Å². The van der Waals surface area contributed by atoms with Crippen molar-refractivity contribution >= 4 is 81.1 Å². The summed E-state index contributed by atoms with van der Waals surface area (Å²) in [5.74, 6) is 0. The minimum atomic E-state index is 1.12. The molecule has 0 N–H and O–H groups in total.